The van der Waals surface area contributed by atoms with Crippen molar-refractivity contribution in [1.82, 2.24) is 4.98 Å². The Kier molecular flexibility index (Phi) is 2.41. The lowest BCUT2D eigenvalue weighted by atomic mass is 10.1. The van der Waals surface area contributed by atoms with E-state index in [0.717, 1.165) is 15.6 Å². The van der Waals surface area contributed by atoms with Gasteiger partial charge in [-0.25, -0.2) is 0 Å². The molecular formula is C11H7BrN. The van der Waals surface area contributed by atoms with Gasteiger partial charge in [-0.1, -0.05) is 28.1 Å². The van der Waals surface area contributed by atoms with E-state index in [0.29, 0.717) is 0 Å². The van der Waals surface area contributed by atoms with Crippen LogP contribution in [0.1, 0.15) is 0 Å². The summed E-state index contributed by atoms with van der Waals surface area (Å²) in [6, 6.07) is 13.1. The van der Waals surface area contributed by atoms with Crippen molar-refractivity contribution in [1.29, 1.82) is 0 Å². The van der Waals surface area contributed by atoms with Crippen LogP contribution in [-0.2, 0) is 0 Å². The fourth-order valence-corrected chi connectivity index (χ4v) is 1.51. The molecule has 0 N–H and O–H groups in total. The second-order valence-corrected chi connectivity index (χ2v) is 3.50. The van der Waals surface area contributed by atoms with Gasteiger partial charge in [-0.15, -0.1) is 0 Å². The number of aromatic nitrogens is 1. The molecule has 1 aromatic heterocycles. The Balaban J connectivity index is 2.48. The molecular weight excluding hydrogens is 226 g/mol. The quantitative estimate of drug-likeness (QED) is 0.736. The summed E-state index contributed by atoms with van der Waals surface area (Å²) >= 11 is 3.39. The number of pyridine rings is 1. The van der Waals surface area contributed by atoms with Crippen LogP contribution in [0, 0.1) is 6.07 Å². The van der Waals surface area contributed by atoms with E-state index in [2.05, 4.69) is 27.0 Å². The Labute approximate surface area is 85.6 Å². The van der Waals surface area contributed by atoms with Crippen molar-refractivity contribution in [3.05, 3.63) is 53.3 Å². The predicted octanol–water partition coefficient (Wildman–Crippen LogP) is 3.31. The first-order valence-electron chi connectivity index (χ1n) is 3.94. The maximum atomic E-state index is 3.97. The average Bonchev–Trinajstić information content (AvgIpc) is 2.19. The first kappa shape index (κ1) is 8.45. The summed E-state index contributed by atoms with van der Waals surface area (Å²) in [5.41, 5.74) is 2.22. The summed E-state index contributed by atoms with van der Waals surface area (Å²) in [4.78, 5) is 3.97. The fourth-order valence-electron chi connectivity index (χ4n) is 1.14. The van der Waals surface area contributed by atoms with Crippen molar-refractivity contribution < 1.29 is 0 Å². The van der Waals surface area contributed by atoms with Gasteiger partial charge < -0.3 is 0 Å². The number of benzene rings is 1. The average molecular weight is 233 g/mol. The third-order valence-electron chi connectivity index (χ3n) is 1.75. The first-order chi connectivity index (χ1) is 6.36. The van der Waals surface area contributed by atoms with Crippen LogP contribution in [0.25, 0.3) is 11.1 Å². The molecule has 0 aliphatic carbocycles. The minimum atomic E-state index is 0.974. The maximum absolute atomic E-state index is 3.97. The molecule has 63 valence electrons. The molecule has 1 radical (unpaired) electrons. The van der Waals surface area contributed by atoms with Crippen LogP contribution in [0.3, 0.4) is 0 Å². The molecule has 2 aromatic rings. The van der Waals surface area contributed by atoms with E-state index >= 15 is 0 Å². The zero-order chi connectivity index (χ0) is 9.10. The predicted molar refractivity (Wildman–Crippen MR) is 56.2 cm³/mol. The molecule has 0 bridgehead atoms. The maximum Gasteiger partial charge on any atom is 0.0273 e. The molecule has 0 atom stereocenters. The molecule has 1 heterocycles. The van der Waals surface area contributed by atoms with Gasteiger partial charge in [-0.3, -0.25) is 4.98 Å². The monoisotopic (exact) mass is 232 g/mol. The summed E-state index contributed by atoms with van der Waals surface area (Å²) in [5, 5.41) is 0. The van der Waals surface area contributed by atoms with Gasteiger partial charge >= 0.3 is 0 Å². The lowest BCUT2D eigenvalue weighted by molar-refractivity contribution is 1.33. The molecule has 0 aliphatic heterocycles. The van der Waals surface area contributed by atoms with Crippen molar-refractivity contribution in [2.75, 3.05) is 0 Å². The highest BCUT2D eigenvalue weighted by Crippen LogP contribution is 2.20. The summed E-state index contributed by atoms with van der Waals surface area (Å²) in [6.45, 7) is 0. The van der Waals surface area contributed by atoms with Crippen molar-refractivity contribution in [2.45, 2.75) is 0 Å². The number of hydrogen-bond acceptors (Lipinski definition) is 1. The van der Waals surface area contributed by atoms with E-state index in [1.807, 2.05) is 30.3 Å². The molecule has 13 heavy (non-hydrogen) atoms. The third-order valence-corrected chi connectivity index (χ3v) is 2.21. The molecule has 0 amide bonds. The molecule has 0 saturated heterocycles. The highest BCUT2D eigenvalue weighted by atomic mass is 79.9. The zero-order valence-corrected chi connectivity index (χ0v) is 8.45. The van der Waals surface area contributed by atoms with Crippen molar-refractivity contribution in [3.8, 4) is 11.1 Å². The van der Waals surface area contributed by atoms with Gasteiger partial charge in [0.05, 0.1) is 0 Å². The van der Waals surface area contributed by atoms with Crippen LogP contribution in [0.15, 0.2) is 47.2 Å². The Morgan fingerprint density at radius 1 is 1.08 bits per heavy atom. The van der Waals surface area contributed by atoms with Gasteiger partial charge in [-0.2, -0.15) is 0 Å². The van der Waals surface area contributed by atoms with E-state index in [9.17, 15) is 0 Å². The summed E-state index contributed by atoms with van der Waals surface area (Å²) in [7, 11) is 0. The molecule has 0 fully saturated rings. The zero-order valence-electron chi connectivity index (χ0n) is 6.87. The molecule has 0 unspecified atom stereocenters. The molecule has 2 heteroatoms. The Bertz CT molecular complexity index is 398. The number of nitrogens with zero attached hydrogens (tertiary/aromatic N) is 1. The van der Waals surface area contributed by atoms with Gasteiger partial charge in [-0.05, 0) is 29.3 Å². The van der Waals surface area contributed by atoms with Crippen molar-refractivity contribution in [3.63, 3.8) is 0 Å². The molecule has 1 nitrogen and oxygen atoms in total. The second kappa shape index (κ2) is 3.71. The van der Waals surface area contributed by atoms with E-state index in [4.69, 9.17) is 0 Å². The van der Waals surface area contributed by atoms with E-state index in [1.54, 1.807) is 12.4 Å². The summed E-state index contributed by atoms with van der Waals surface area (Å²) in [6.07, 6.45) is 3.56. The minimum absolute atomic E-state index is 0.974. The number of hydrogen-bond donors (Lipinski definition) is 0. The summed E-state index contributed by atoms with van der Waals surface area (Å²) in [5.74, 6) is 0. The van der Waals surface area contributed by atoms with Crippen LogP contribution in [-0.4, -0.2) is 4.98 Å². The topological polar surface area (TPSA) is 12.9 Å². The number of rotatable bonds is 1. The molecule has 0 saturated carbocycles. The first-order valence-corrected chi connectivity index (χ1v) is 4.74. The van der Waals surface area contributed by atoms with Crippen molar-refractivity contribution >= 4 is 15.9 Å². The molecule has 1 aromatic carbocycles. The molecule has 0 spiro atoms. The van der Waals surface area contributed by atoms with E-state index in [1.165, 1.54) is 0 Å². The van der Waals surface area contributed by atoms with Gasteiger partial charge in [0.25, 0.3) is 0 Å². The Hall–Kier alpha value is -1.15. The van der Waals surface area contributed by atoms with Crippen LogP contribution in [0.4, 0.5) is 0 Å². The van der Waals surface area contributed by atoms with Crippen LogP contribution < -0.4 is 0 Å². The molecule has 0 aliphatic rings. The summed E-state index contributed by atoms with van der Waals surface area (Å²) < 4.78 is 0.974. The third kappa shape index (κ3) is 1.95. The second-order valence-electron chi connectivity index (χ2n) is 2.65. The van der Waals surface area contributed by atoms with Gasteiger partial charge in [0, 0.05) is 22.9 Å². The van der Waals surface area contributed by atoms with Gasteiger partial charge in [0.1, 0.15) is 0 Å². The van der Waals surface area contributed by atoms with Crippen LogP contribution >= 0.6 is 15.9 Å². The van der Waals surface area contributed by atoms with Crippen LogP contribution in [0.5, 0.6) is 0 Å². The SMILES string of the molecule is Brc1[c]c(-c2ccncc2)ccc1. The minimum Gasteiger partial charge on any atom is -0.265 e. The van der Waals surface area contributed by atoms with E-state index < -0.39 is 0 Å². The largest absolute Gasteiger partial charge is 0.265 e. The standard InChI is InChI=1S/C11H7BrN/c12-11-3-1-2-10(8-11)9-4-6-13-7-5-9/h1-7H. The van der Waals surface area contributed by atoms with Gasteiger partial charge in [0.15, 0.2) is 0 Å². The lowest BCUT2D eigenvalue weighted by Crippen LogP contribution is -1.78. The van der Waals surface area contributed by atoms with E-state index in [-0.39, 0.29) is 0 Å². The normalized spacial score (nSPS) is 9.92. The van der Waals surface area contributed by atoms with Gasteiger partial charge in [0.2, 0.25) is 0 Å². The van der Waals surface area contributed by atoms with Crippen molar-refractivity contribution in [2.24, 2.45) is 0 Å². The Morgan fingerprint density at radius 2 is 1.85 bits per heavy atom. The number of halogens is 1. The highest BCUT2D eigenvalue weighted by Gasteiger charge is 1.96. The highest BCUT2D eigenvalue weighted by molar-refractivity contribution is 9.10. The van der Waals surface area contributed by atoms with Crippen LogP contribution in [0.2, 0.25) is 0 Å². The Morgan fingerprint density at radius 3 is 2.54 bits per heavy atom. The fraction of sp³-hybridized carbons (Fsp3) is 0. The molecule has 2 rings (SSSR count). The lowest BCUT2D eigenvalue weighted by Gasteiger charge is -1.99. The smallest absolute Gasteiger partial charge is 0.0273 e.